The van der Waals surface area contributed by atoms with Crippen LogP contribution >= 0.6 is 23.9 Å². The number of nitrogens with zero attached hydrogens (tertiary/aromatic N) is 2. The molecule has 1 heterocycles. The first-order valence-electron chi connectivity index (χ1n) is 5.82. The van der Waals surface area contributed by atoms with Crippen LogP contribution in [-0.2, 0) is 0 Å². The molecule has 0 amide bonds. The predicted octanol–water partition coefficient (Wildman–Crippen LogP) is 3.45. The molecule has 1 rings (SSSR count). The molecule has 0 spiro atoms. The Morgan fingerprint density at radius 1 is 1.07 bits per heavy atom. The van der Waals surface area contributed by atoms with Crippen molar-refractivity contribution < 1.29 is 0 Å². The van der Waals surface area contributed by atoms with Crippen molar-refractivity contribution in [3.05, 3.63) is 0 Å². The number of hydrogen-bond donors (Lipinski definition) is 0. The zero-order chi connectivity index (χ0) is 11.4. The minimum atomic E-state index is 0.562. The fourth-order valence-electron chi connectivity index (χ4n) is 2.50. The van der Waals surface area contributed by atoms with Crippen LogP contribution in [0.2, 0.25) is 0 Å². The highest BCUT2D eigenvalue weighted by Gasteiger charge is 2.41. The third-order valence-corrected chi connectivity index (χ3v) is 5.35. The lowest BCUT2D eigenvalue weighted by molar-refractivity contribution is 0.317. The van der Waals surface area contributed by atoms with Crippen molar-refractivity contribution in [3.8, 4) is 0 Å². The molecule has 0 saturated carbocycles. The molecule has 3 unspecified atom stereocenters. The maximum absolute atomic E-state index is 2.57. The van der Waals surface area contributed by atoms with E-state index in [4.69, 9.17) is 0 Å². The van der Waals surface area contributed by atoms with Gasteiger partial charge in [-0.25, -0.2) is 8.61 Å². The van der Waals surface area contributed by atoms with Gasteiger partial charge in [0.2, 0.25) is 0 Å². The van der Waals surface area contributed by atoms with Gasteiger partial charge in [0.1, 0.15) is 0 Å². The Balaban J connectivity index is 2.66. The molecule has 0 radical (unpaired) electrons. The summed E-state index contributed by atoms with van der Waals surface area (Å²) >= 11 is 3.78. The zero-order valence-electron chi connectivity index (χ0n) is 10.6. The molecule has 3 atom stereocenters. The number of hydrogen-bond acceptors (Lipinski definition) is 4. The highest BCUT2D eigenvalue weighted by atomic mass is 32.2. The average molecular weight is 248 g/mol. The van der Waals surface area contributed by atoms with E-state index >= 15 is 0 Å². The van der Waals surface area contributed by atoms with Gasteiger partial charge in [-0.05, 0) is 32.8 Å². The predicted molar refractivity (Wildman–Crippen MR) is 72.9 cm³/mol. The second-order valence-electron chi connectivity index (χ2n) is 4.17. The summed E-state index contributed by atoms with van der Waals surface area (Å²) < 4.78 is 5.09. The van der Waals surface area contributed by atoms with Gasteiger partial charge >= 0.3 is 0 Å². The third-order valence-electron chi connectivity index (χ3n) is 3.30. The van der Waals surface area contributed by atoms with Gasteiger partial charge in [-0.15, -0.1) is 0 Å². The van der Waals surface area contributed by atoms with Gasteiger partial charge < -0.3 is 0 Å². The number of rotatable bonds is 5. The van der Waals surface area contributed by atoms with E-state index in [0.29, 0.717) is 12.2 Å². The van der Waals surface area contributed by atoms with Gasteiger partial charge in [0.05, 0.1) is 6.17 Å². The van der Waals surface area contributed by atoms with Gasteiger partial charge in [-0.3, -0.25) is 0 Å². The van der Waals surface area contributed by atoms with Gasteiger partial charge in [0, 0.05) is 12.1 Å². The van der Waals surface area contributed by atoms with Crippen molar-refractivity contribution in [2.45, 2.75) is 58.3 Å². The summed E-state index contributed by atoms with van der Waals surface area (Å²) in [6.07, 6.45) is 8.94. The molecule has 90 valence electrons. The average Bonchev–Trinajstić information content (AvgIpc) is 2.46. The smallest absolute Gasteiger partial charge is 0.0795 e. The Hall–Kier alpha value is 0.620. The van der Waals surface area contributed by atoms with Crippen LogP contribution in [0, 0.1) is 0 Å². The Morgan fingerprint density at radius 2 is 1.67 bits per heavy atom. The van der Waals surface area contributed by atoms with Crippen molar-refractivity contribution in [3.63, 3.8) is 0 Å². The molecule has 0 N–H and O–H groups in total. The summed E-state index contributed by atoms with van der Waals surface area (Å²) in [6, 6.07) is 1.40. The van der Waals surface area contributed by atoms with Crippen LogP contribution in [0.4, 0.5) is 0 Å². The first kappa shape index (κ1) is 13.7. The molecule has 0 aliphatic carbocycles. The molecule has 1 aliphatic rings. The molecule has 1 fully saturated rings. The monoisotopic (exact) mass is 248 g/mol. The minimum absolute atomic E-state index is 0.562. The summed E-state index contributed by atoms with van der Waals surface area (Å²) in [7, 11) is 0. The first-order valence-corrected chi connectivity index (χ1v) is 8.18. The molecule has 0 bridgehead atoms. The van der Waals surface area contributed by atoms with Crippen LogP contribution in [0.3, 0.4) is 0 Å². The van der Waals surface area contributed by atoms with Crippen molar-refractivity contribution in [2.24, 2.45) is 0 Å². The van der Waals surface area contributed by atoms with Gasteiger partial charge in [-0.1, -0.05) is 43.7 Å². The number of unbranched alkanes of at least 4 members (excludes halogenated alkanes) is 1. The fourth-order valence-corrected chi connectivity index (χ4v) is 4.40. The lowest BCUT2D eigenvalue weighted by Crippen LogP contribution is -2.31. The third kappa shape index (κ3) is 2.84. The lowest BCUT2D eigenvalue weighted by atomic mass is 10.1. The molecular formula is C11H24N2S2. The second kappa shape index (κ2) is 6.38. The zero-order valence-corrected chi connectivity index (χ0v) is 12.2. The fraction of sp³-hybridized carbons (Fsp3) is 1.00. The standard InChI is InChI=1S/C11H24N2S2/c1-6-7-8-11-9(2)12(14-4)10(3)13(11)15-5/h9-11H,6-8H2,1-5H3. The quantitative estimate of drug-likeness (QED) is 0.687. The van der Waals surface area contributed by atoms with Crippen LogP contribution in [0.5, 0.6) is 0 Å². The topological polar surface area (TPSA) is 6.48 Å². The maximum Gasteiger partial charge on any atom is 0.0795 e. The van der Waals surface area contributed by atoms with Crippen molar-refractivity contribution in [1.29, 1.82) is 0 Å². The van der Waals surface area contributed by atoms with E-state index in [2.05, 4.69) is 41.9 Å². The van der Waals surface area contributed by atoms with Gasteiger partial charge in [0.25, 0.3) is 0 Å². The van der Waals surface area contributed by atoms with Crippen LogP contribution in [0.1, 0.15) is 40.0 Å². The van der Waals surface area contributed by atoms with Crippen molar-refractivity contribution in [2.75, 3.05) is 12.5 Å². The van der Waals surface area contributed by atoms with Crippen molar-refractivity contribution >= 4 is 23.9 Å². The Kier molecular flexibility index (Phi) is 5.82. The molecule has 15 heavy (non-hydrogen) atoms. The van der Waals surface area contributed by atoms with E-state index < -0.39 is 0 Å². The van der Waals surface area contributed by atoms with Gasteiger partial charge in [-0.2, -0.15) is 0 Å². The summed E-state index contributed by atoms with van der Waals surface area (Å²) in [5.41, 5.74) is 0. The molecule has 0 aromatic heterocycles. The first-order chi connectivity index (χ1) is 7.17. The van der Waals surface area contributed by atoms with E-state index in [9.17, 15) is 0 Å². The van der Waals surface area contributed by atoms with Crippen molar-refractivity contribution in [1.82, 2.24) is 8.61 Å². The second-order valence-corrected chi connectivity index (χ2v) is 5.74. The largest absolute Gasteiger partial charge is 0.229 e. The van der Waals surface area contributed by atoms with Crippen LogP contribution in [0.25, 0.3) is 0 Å². The SMILES string of the molecule is CCCCC1C(C)N(SC)C(C)N1SC. The molecule has 1 saturated heterocycles. The van der Waals surface area contributed by atoms with Crippen LogP contribution < -0.4 is 0 Å². The molecule has 0 aromatic carbocycles. The van der Waals surface area contributed by atoms with E-state index in [1.165, 1.54) is 19.3 Å². The van der Waals surface area contributed by atoms with Crippen LogP contribution in [-0.4, -0.2) is 39.4 Å². The summed E-state index contributed by atoms with van der Waals surface area (Å²) in [5, 5.41) is 0. The van der Waals surface area contributed by atoms with E-state index in [-0.39, 0.29) is 0 Å². The van der Waals surface area contributed by atoms with E-state index in [1.54, 1.807) is 0 Å². The molecule has 0 aromatic rings. The molecule has 2 nitrogen and oxygen atoms in total. The highest BCUT2D eigenvalue weighted by molar-refractivity contribution is 7.97. The normalized spacial score (nSPS) is 33.8. The maximum atomic E-state index is 2.57. The van der Waals surface area contributed by atoms with E-state index in [1.807, 2.05) is 23.9 Å². The Bertz CT molecular complexity index is 189. The highest BCUT2D eigenvalue weighted by Crippen LogP contribution is 2.37. The molecule has 4 heteroatoms. The Morgan fingerprint density at radius 3 is 2.13 bits per heavy atom. The van der Waals surface area contributed by atoms with Crippen LogP contribution in [0.15, 0.2) is 0 Å². The lowest BCUT2D eigenvalue weighted by Gasteiger charge is -2.25. The summed E-state index contributed by atoms with van der Waals surface area (Å²) in [4.78, 5) is 0. The Labute approximate surface area is 103 Å². The molecular weight excluding hydrogens is 224 g/mol. The molecule has 1 aliphatic heterocycles. The summed E-state index contributed by atoms with van der Waals surface area (Å²) in [5.74, 6) is 0. The summed E-state index contributed by atoms with van der Waals surface area (Å²) in [6.45, 7) is 6.96. The van der Waals surface area contributed by atoms with Gasteiger partial charge in [0.15, 0.2) is 0 Å². The van der Waals surface area contributed by atoms with E-state index in [0.717, 1.165) is 6.04 Å². The minimum Gasteiger partial charge on any atom is -0.229 e.